The van der Waals surface area contributed by atoms with Gasteiger partial charge >= 0.3 is 0 Å². The Morgan fingerprint density at radius 2 is 2.17 bits per heavy atom. The van der Waals surface area contributed by atoms with Gasteiger partial charge in [-0.2, -0.15) is 0 Å². The molecule has 7 nitrogen and oxygen atoms in total. The van der Waals surface area contributed by atoms with Gasteiger partial charge in [-0.1, -0.05) is 6.07 Å². The quantitative estimate of drug-likeness (QED) is 0.812. The predicted octanol–water partition coefficient (Wildman–Crippen LogP) is 1.13. The van der Waals surface area contributed by atoms with Gasteiger partial charge in [0.25, 0.3) is 5.91 Å². The van der Waals surface area contributed by atoms with Crippen LogP contribution >= 0.6 is 0 Å². The monoisotopic (exact) mass is 349 g/mol. The van der Waals surface area contributed by atoms with Crippen LogP contribution in [0.2, 0.25) is 0 Å². The average molecular weight is 349 g/mol. The highest BCUT2D eigenvalue weighted by Gasteiger charge is 2.40. The molecule has 8 heteroatoms. The summed E-state index contributed by atoms with van der Waals surface area (Å²) >= 11 is 0. The molecular weight excluding hydrogens is 330 g/mol. The Hall–Kier alpha value is -1.93. The lowest BCUT2D eigenvalue weighted by atomic mass is 10.1. The number of hydrogen-bond acceptors (Lipinski definition) is 5. The minimum atomic E-state index is -3.53. The van der Waals surface area contributed by atoms with Crippen molar-refractivity contribution in [3.63, 3.8) is 0 Å². The van der Waals surface area contributed by atoms with E-state index in [1.165, 1.54) is 4.40 Å². The zero-order valence-corrected chi connectivity index (χ0v) is 14.2. The van der Waals surface area contributed by atoms with E-state index in [0.29, 0.717) is 18.7 Å². The molecule has 2 aromatic rings. The first-order valence-corrected chi connectivity index (χ1v) is 9.95. The van der Waals surface area contributed by atoms with Gasteiger partial charge in [-0.25, -0.2) is 13.4 Å². The van der Waals surface area contributed by atoms with Gasteiger partial charge in [0.2, 0.25) is 15.0 Å². The maximum absolute atomic E-state index is 13.1. The molecule has 2 atom stereocenters. The number of ether oxygens (including phenoxy) is 1. The Bertz CT molecular complexity index is 905. The van der Waals surface area contributed by atoms with Crippen LogP contribution in [0.3, 0.4) is 0 Å². The molecule has 1 amide bonds. The third-order valence-electron chi connectivity index (χ3n) is 4.79. The number of imidazole rings is 1. The van der Waals surface area contributed by atoms with E-state index in [2.05, 4.69) is 4.98 Å². The lowest BCUT2D eigenvalue weighted by Gasteiger charge is -2.37. The molecule has 0 radical (unpaired) electrons. The summed E-state index contributed by atoms with van der Waals surface area (Å²) < 4.78 is 31.2. The molecule has 0 aromatic carbocycles. The van der Waals surface area contributed by atoms with Gasteiger partial charge in [0.1, 0.15) is 0 Å². The summed E-state index contributed by atoms with van der Waals surface area (Å²) in [5.41, 5.74) is 0.715. The molecule has 3 heterocycles. The van der Waals surface area contributed by atoms with Crippen molar-refractivity contribution in [2.45, 2.75) is 36.6 Å². The minimum absolute atomic E-state index is 0.0633. The lowest BCUT2D eigenvalue weighted by Crippen LogP contribution is -2.51. The van der Waals surface area contributed by atoms with Crippen LogP contribution in [0.15, 0.2) is 29.6 Å². The summed E-state index contributed by atoms with van der Waals surface area (Å²) in [6, 6.07) is 5.28. The van der Waals surface area contributed by atoms with E-state index in [9.17, 15) is 13.2 Å². The number of aromatic nitrogens is 2. The molecule has 0 N–H and O–H groups in total. The van der Waals surface area contributed by atoms with Gasteiger partial charge in [0.05, 0.1) is 24.3 Å². The standard InChI is InChI=1S/C16H19N3O4S/c1-24(21,22)16-17-14(12-5-2-3-8-19(12)16)15(20)18-9-10-23-13-7-4-6-11(13)18/h2-3,5,8,11,13H,4,6-7,9-10H2,1H3/t11-,13+/m0/s1. The maximum Gasteiger partial charge on any atom is 0.275 e. The van der Waals surface area contributed by atoms with Crippen molar-refractivity contribution < 1.29 is 17.9 Å². The number of morpholine rings is 1. The molecule has 1 saturated heterocycles. The summed E-state index contributed by atoms with van der Waals surface area (Å²) in [5.74, 6) is -0.214. The molecule has 0 unspecified atom stereocenters. The van der Waals surface area contributed by atoms with Crippen LogP contribution < -0.4 is 0 Å². The van der Waals surface area contributed by atoms with Gasteiger partial charge in [-0.3, -0.25) is 9.20 Å². The van der Waals surface area contributed by atoms with Crippen molar-refractivity contribution in [1.29, 1.82) is 0 Å². The zero-order valence-electron chi connectivity index (χ0n) is 13.4. The Kier molecular flexibility index (Phi) is 3.61. The van der Waals surface area contributed by atoms with Gasteiger partial charge in [-0.15, -0.1) is 0 Å². The van der Waals surface area contributed by atoms with E-state index in [0.717, 1.165) is 25.5 Å². The van der Waals surface area contributed by atoms with Crippen molar-refractivity contribution in [2.75, 3.05) is 19.4 Å². The van der Waals surface area contributed by atoms with Gasteiger partial charge < -0.3 is 9.64 Å². The number of hydrogen-bond donors (Lipinski definition) is 0. The summed E-state index contributed by atoms with van der Waals surface area (Å²) in [6.45, 7) is 1.03. The second-order valence-electron chi connectivity index (χ2n) is 6.38. The van der Waals surface area contributed by atoms with Crippen molar-refractivity contribution >= 4 is 21.3 Å². The van der Waals surface area contributed by atoms with Crippen LogP contribution in [-0.4, -0.2) is 60.2 Å². The van der Waals surface area contributed by atoms with Crippen LogP contribution in [0.1, 0.15) is 29.8 Å². The van der Waals surface area contributed by atoms with Crippen LogP contribution in [0.4, 0.5) is 0 Å². The molecule has 0 bridgehead atoms. The average Bonchev–Trinajstić information content (AvgIpc) is 3.17. The highest BCUT2D eigenvalue weighted by atomic mass is 32.2. The molecule has 1 aliphatic heterocycles. The molecular formula is C16H19N3O4S. The number of carbonyl (C=O) groups is 1. The first-order chi connectivity index (χ1) is 11.5. The molecule has 2 aromatic heterocycles. The number of fused-ring (bicyclic) bond motifs is 2. The van der Waals surface area contributed by atoms with E-state index in [-0.39, 0.29) is 28.9 Å². The number of nitrogens with zero attached hydrogens (tertiary/aromatic N) is 3. The van der Waals surface area contributed by atoms with Crippen molar-refractivity contribution in [2.24, 2.45) is 0 Å². The smallest absolute Gasteiger partial charge is 0.275 e. The fourth-order valence-electron chi connectivity index (χ4n) is 3.74. The summed E-state index contributed by atoms with van der Waals surface area (Å²) in [4.78, 5) is 19.1. The second-order valence-corrected chi connectivity index (χ2v) is 8.29. The molecule has 128 valence electrons. The fourth-order valence-corrected chi connectivity index (χ4v) is 4.52. The minimum Gasteiger partial charge on any atom is -0.374 e. The maximum atomic E-state index is 13.1. The topological polar surface area (TPSA) is 81.0 Å². The molecule has 1 saturated carbocycles. The summed E-state index contributed by atoms with van der Waals surface area (Å²) in [6.07, 6.45) is 5.73. The van der Waals surface area contributed by atoms with Crippen molar-refractivity contribution in [3.05, 3.63) is 30.1 Å². The zero-order chi connectivity index (χ0) is 16.9. The summed E-state index contributed by atoms with van der Waals surface area (Å²) in [7, 11) is -3.53. The Balaban J connectivity index is 1.80. The van der Waals surface area contributed by atoms with E-state index in [1.807, 2.05) is 4.90 Å². The summed E-state index contributed by atoms with van der Waals surface area (Å²) in [5, 5.41) is -0.0994. The molecule has 0 spiro atoms. The third-order valence-corrected chi connectivity index (χ3v) is 5.74. The third kappa shape index (κ3) is 2.41. The number of carbonyl (C=O) groups excluding carboxylic acids is 1. The van der Waals surface area contributed by atoms with Crippen LogP contribution in [0.5, 0.6) is 0 Å². The first kappa shape index (κ1) is 15.6. The van der Waals surface area contributed by atoms with Crippen molar-refractivity contribution in [3.8, 4) is 0 Å². The number of rotatable bonds is 2. The van der Waals surface area contributed by atoms with E-state index in [1.54, 1.807) is 24.4 Å². The number of sulfone groups is 1. The van der Waals surface area contributed by atoms with Crippen LogP contribution in [-0.2, 0) is 14.6 Å². The first-order valence-electron chi connectivity index (χ1n) is 8.06. The Morgan fingerprint density at radius 3 is 2.96 bits per heavy atom. The Labute approximate surface area is 140 Å². The highest BCUT2D eigenvalue weighted by molar-refractivity contribution is 7.90. The predicted molar refractivity (Wildman–Crippen MR) is 86.7 cm³/mol. The van der Waals surface area contributed by atoms with Gasteiger partial charge in [0, 0.05) is 19.0 Å². The second kappa shape index (κ2) is 5.56. The van der Waals surface area contributed by atoms with Crippen LogP contribution in [0, 0.1) is 0 Å². The normalized spacial score (nSPS) is 24.3. The highest BCUT2D eigenvalue weighted by Crippen LogP contribution is 2.31. The number of pyridine rings is 1. The van der Waals surface area contributed by atoms with E-state index < -0.39 is 9.84 Å². The van der Waals surface area contributed by atoms with Gasteiger partial charge in [-0.05, 0) is 31.4 Å². The largest absolute Gasteiger partial charge is 0.374 e. The molecule has 4 rings (SSSR count). The van der Waals surface area contributed by atoms with E-state index in [4.69, 9.17) is 4.74 Å². The molecule has 24 heavy (non-hydrogen) atoms. The van der Waals surface area contributed by atoms with E-state index >= 15 is 0 Å². The molecule has 1 aliphatic carbocycles. The lowest BCUT2D eigenvalue weighted by molar-refractivity contribution is -0.0446. The molecule has 2 aliphatic rings. The SMILES string of the molecule is CS(=O)(=O)c1nc(C(=O)N2CCO[C@@H]3CCC[C@@H]32)c2ccccn12. The molecule has 2 fully saturated rings. The van der Waals surface area contributed by atoms with Crippen molar-refractivity contribution in [1.82, 2.24) is 14.3 Å². The number of amides is 1. The van der Waals surface area contributed by atoms with Crippen LogP contribution in [0.25, 0.3) is 5.52 Å². The van der Waals surface area contributed by atoms with Gasteiger partial charge in [0.15, 0.2) is 5.69 Å². The Morgan fingerprint density at radius 1 is 1.33 bits per heavy atom. The fraction of sp³-hybridized carbons (Fsp3) is 0.500.